The minimum atomic E-state index is -0.306. The topological polar surface area (TPSA) is 43.4 Å². The summed E-state index contributed by atoms with van der Waals surface area (Å²) >= 11 is 2.10. The molecule has 3 nitrogen and oxygen atoms in total. The van der Waals surface area contributed by atoms with E-state index in [2.05, 4.69) is 36.4 Å². The van der Waals surface area contributed by atoms with Crippen molar-refractivity contribution in [3.05, 3.63) is 33.5 Å². The summed E-state index contributed by atoms with van der Waals surface area (Å²) < 4.78 is 7.46. The summed E-state index contributed by atoms with van der Waals surface area (Å²) in [7, 11) is 0. The van der Waals surface area contributed by atoms with Crippen LogP contribution in [0.1, 0.15) is 41.0 Å². The van der Waals surface area contributed by atoms with Gasteiger partial charge in [0.1, 0.15) is 12.4 Å². The fourth-order valence-electron chi connectivity index (χ4n) is 1.88. The van der Waals surface area contributed by atoms with Gasteiger partial charge in [-0.25, -0.2) is 4.79 Å². The van der Waals surface area contributed by atoms with Crippen LogP contribution in [-0.2, 0) is 14.3 Å². The molecule has 0 aromatic carbocycles. The first kappa shape index (κ1) is 20.1. The van der Waals surface area contributed by atoms with Crippen LogP contribution >= 0.6 is 22.6 Å². The summed E-state index contributed by atoms with van der Waals surface area (Å²) in [5, 5.41) is 0. The first-order valence-corrected chi connectivity index (χ1v) is 8.34. The molecule has 0 aliphatic rings. The molecular weight excluding hydrogens is 379 g/mol. The third-order valence-corrected chi connectivity index (χ3v) is 3.42. The van der Waals surface area contributed by atoms with Gasteiger partial charge in [0, 0.05) is 11.5 Å². The Kier molecular flexibility index (Phi) is 10.3. The van der Waals surface area contributed by atoms with E-state index in [0.29, 0.717) is 17.1 Å². The Bertz CT molecular complexity index is 433. The molecule has 0 radical (unpaired) electrons. The van der Waals surface area contributed by atoms with Crippen molar-refractivity contribution in [1.82, 2.24) is 0 Å². The second-order valence-corrected chi connectivity index (χ2v) is 6.35. The summed E-state index contributed by atoms with van der Waals surface area (Å²) in [6.45, 7) is 9.64. The van der Waals surface area contributed by atoms with Gasteiger partial charge >= 0.3 is 5.97 Å². The second kappa shape index (κ2) is 10.8. The molecule has 0 saturated heterocycles. The number of allylic oxidation sites excluding steroid dienone is 3. The summed E-state index contributed by atoms with van der Waals surface area (Å²) in [6, 6.07) is 0. The molecule has 0 bridgehead atoms. The lowest BCUT2D eigenvalue weighted by Gasteiger charge is -2.24. The van der Waals surface area contributed by atoms with E-state index in [1.54, 1.807) is 26.0 Å². The van der Waals surface area contributed by atoms with Gasteiger partial charge in [0.25, 0.3) is 0 Å². The van der Waals surface area contributed by atoms with E-state index in [0.717, 1.165) is 12.7 Å². The third kappa shape index (κ3) is 8.86. The largest absolute Gasteiger partial charge is 0.458 e. The number of halogens is 1. The van der Waals surface area contributed by atoms with E-state index in [-0.39, 0.29) is 18.0 Å². The van der Waals surface area contributed by atoms with Crippen molar-refractivity contribution in [1.29, 1.82) is 0 Å². The SMILES string of the molecule is C/C(=C/C=C/I)C(=O)OC(CC(C)C)C(C)/C=C(\C)C=O. The molecule has 118 valence electrons. The van der Waals surface area contributed by atoms with Crippen molar-refractivity contribution in [2.24, 2.45) is 11.8 Å². The Labute approximate surface area is 141 Å². The maximum Gasteiger partial charge on any atom is 0.334 e. The molecule has 0 spiro atoms. The summed E-state index contributed by atoms with van der Waals surface area (Å²) in [6.07, 6.45) is 6.76. The van der Waals surface area contributed by atoms with Crippen LogP contribution in [0.4, 0.5) is 0 Å². The van der Waals surface area contributed by atoms with Crippen LogP contribution in [0.15, 0.2) is 33.5 Å². The highest BCUT2D eigenvalue weighted by Crippen LogP contribution is 2.20. The minimum absolute atomic E-state index is 0.00877. The number of ether oxygens (including phenoxy) is 1. The number of rotatable bonds is 8. The summed E-state index contributed by atoms with van der Waals surface area (Å²) in [5.41, 5.74) is 1.23. The number of hydrogen-bond donors (Lipinski definition) is 0. The highest BCUT2D eigenvalue weighted by atomic mass is 127. The third-order valence-electron chi connectivity index (χ3n) is 3.00. The van der Waals surface area contributed by atoms with Crippen LogP contribution in [0.5, 0.6) is 0 Å². The van der Waals surface area contributed by atoms with Crippen molar-refractivity contribution in [2.45, 2.75) is 47.1 Å². The highest BCUT2D eigenvalue weighted by molar-refractivity contribution is 14.1. The first-order chi connectivity index (χ1) is 9.81. The van der Waals surface area contributed by atoms with Gasteiger partial charge < -0.3 is 4.74 Å². The Morgan fingerprint density at radius 1 is 1.24 bits per heavy atom. The van der Waals surface area contributed by atoms with E-state index in [1.807, 2.05) is 17.1 Å². The van der Waals surface area contributed by atoms with Gasteiger partial charge in [0.05, 0.1) is 0 Å². The van der Waals surface area contributed by atoms with E-state index in [4.69, 9.17) is 4.74 Å². The maximum atomic E-state index is 12.1. The fraction of sp³-hybridized carbons (Fsp3) is 0.529. The van der Waals surface area contributed by atoms with Gasteiger partial charge in [-0.3, -0.25) is 4.79 Å². The Balaban J connectivity index is 5.00. The fourth-order valence-corrected chi connectivity index (χ4v) is 2.08. The van der Waals surface area contributed by atoms with Crippen LogP contribution in [0.2, 0.25) is 0 Å². The quantitative estimate of drug-likeness (QED) is 0.195. The molecule has 0 heterocycles. The van der Waals surface area contributed by atoms with Crippen molar-refractivity contribution in [3.63, 3.8) is 0 Å². The van der Waals surface area contributed by atoms with Crippen molar-refractivity contribution < 1.29 is 14.3 Å². The van der Waals surface area contributed by atoms with Crippen molar-refractivity contribution >= 4 is 34.8 Å². The molecule has 0 fully saturated rings. The predicted molar refractivity (Wildman–Crippen MR) is 95.2 cm³/mol. The lowest BCUT2D eigenvalue weighted by atomic mass is 9.94. The molecule has 0 aliphatic heterocycles. The molecule has 0 aliphatic carbocycles. The van der Waals surface area contributed by atoms with E-state index >= 15 is 0 Å². The van der Waals surface area contributed by atoms with E-state index in [1.165, 1.54) is 0 Å². The first-order valence-electron chi connectivity index (χ1n) is 7.10. The zero-order valence-corrected chi connectivity index (χ0v) is 15.6. The zero-order valence-electron chi connectivity index (χ0n) is 13.4. The number of carbonyl (C=O) groups is 2. The zero-order chi connectivity index (χ0) is 16.4. The minimum Gasteiger partial charge on any atom is -0.458 e. The molecule has 0 aromatic heterocycles. The molecule has 0 aromatic rings. The average molecular weight is 404 g/mol. The Morgan fingerprint density at radius 3 is 2.33 bits per heavy atom. The molecule has 0 amide bonds. The summed E-state index contributed by atoms with van der Waals surface area (Å²) in [5.74, 6) is 0.113. The lowest BCUT2D eigenvalue weighted by molar-refractivity contribution is -0.146. The molecule has 0 saturated carbocycles. The molecule has 0 rings (SSSR count). The predicted octanol–water partition coefficient (Wildman–Crippen LogP) is 4.62. The number of aldehydes is 1. The molecule has 2 unspecified atom stereocenters. The average Bonchev–Trinajstić information content (AvgIpc) is 2.42. The van der Waals surface area contributed by atoms with E-state index in [9.17, 15) is 9.59 Å². The van der Waals surface area contributed by atoms with Gasteiger partial charge in [-0.1, -0.05) is 61.6 Å². The number of carbonyl (C=O) groups excluding carboxylic acids is 2. The number of hydrogen-bond acceptors (Lipinski definition) is 3. The highest BCUT2D eigenvalue weighted by Gasteiger charge is 2.22. The molecular formula is C17H25IO3. The summed E-state index contributed by atoms with van der Waals surface area (Å²) in [4.78, 5) is 22.8. The van der Waals surface area contributed by atoms with Crippen molar-refractivity contribution in [2.75, 3.05) is 0 Å². The van der Waals surface area contributed by atoms with Gasteiger partial charge in [0.2, 0.25) is 0 Å². The Morgan fingerprint density at radius 2 is 1.86 bits per heavy atom. The van der Waals surface area contributed by atoms with Gasteiger partial charge in [-0.15, -0.1) is 0 Å². The van der Waals surface area contributed by atoms with Gasteiger partial charge in [0.15, 0.2) is 0 Å². The van der Waals surface area contributed by atoms with Crippen LogP contribution in [0, 0.1) is 11.8 Å². The molecule has 0 N–H and O–H groups in total. The lowest BCUT2D eigenvalue weighted by Crippen LogP contribution is -2.26. The second-order valence-electron chi connectivity index (χ2n) is 5.63. The Hall–Kier alpha value is -0.910. The molecule has 2 atom stereocenters. The van der Waals surface area contributed by atoms with Gasteiger partial charge in [-0.2, -0.15) is 0 Å². The van der Waals surface area contributed by atoms with E-state index < -0.39 is 0 Å². The smallest absolute Gasteiger partial charge is 0.334 e. The number of esters is 1. The standard InChI is InChI=1S/C17H25IO3/c1-12(2)9-16(15(5)10-13(3)11-19)21-17(20)14(4)7-6-8-18/h6-8,10-12,15-16H,9H2,1-5H3/b8-6+,13-10+,14-7-. The maximum absolute atomic E-state index is 12.1. The van der Waals surface area contributed by atoms with Crippen LogP contribution in [0.3, 0.4) is 0 Å². The van der Waals surface area contributed by atoms with Crippen LogP contribution in [-0.4, -0.2) is 18.4 Å². The van der Waals surface area contributed by atoms with Crippen LogP contribution < -0.4 is 0 Å². The van der Waals surface area contributed by atoms with Crippen LogP contribution in [0.25, 0.3) is 0 Å². The normalized spacial score (nSPS) is 16.1. The molecule has 21 heavy (non-hydrogen) atoms. The monoisotopic (exact) mass is 404 g/mol. The molecule has 4 heteroatoms. The van der Waals surface area contributed by atoms with Crippen molar-refractivity contribution in [3.8, 4) is 0 Å². The van der Waals surface area contributed by atoms with Gasteiger partial charge in [-0.05, 0) is 35.8 Å².